The van der Waals surface area contributed by atoms with Crippen molar-refractivity contribution in [3.63, 3.8) is 0 Å². The maximum absolute atomic E-state index is 13.6. The summed E-state index contributed by atoms with van der Waals surface area (Å²) in [6, 6.07) is 8.39. The molecule has 6 heteroatoms. The molecule has 0 saturated heterocycles. The third kappa shape index (κ3) is 2.95. The van der Waals surface area contributed by atoms with Crippen LogP contribution in [0.1, 0.15) is 10.4 Å². The van der Waals surface area contributed by atoms with E-state index in [1.54, 1.807) is 0 Å². The zero-order chi connectivity index (χ0) is 14.0. The molecule has 0 aromatic heterocycles. The van der Waals surface area contributed by atoms with Gasteiger partial charge in [0.05, 0.1) is 16.9 Å². The van der Waals surface area contributed by atoms with Gasteiger partial charge in [0.15, 0.2) is 0 Å². The normalized spacial score (nSPS) is 10.2. The summed E-state index contributed by atoms with van der Waals surface area (Å²) in [6.45, 7) is 0. The van der Waals surface area contributed by atoms with Crippen LogP contribution >= 0.6 is 11.6 Å². The summed E-state index contributed by atoms with van der Waals surface area (Å²) >= 11 is 5.64. The lowest BCUT2D eigenvalue weighted by molar-refractivity contribution is 0.0698. The number of carboxylic acids is 1. The summed E-state index contributed by atoms with van der Waals surface area (Å²) < 4.78 is 13.6. The summed E-state index contributed by atoms with van der Waals surface area (Å²) in [6.07, 6.45) is 0. The lowest BCUT2D eigenvalue weighted by Crippen LogP contribution is -2.04. The number of nitrogens with two attached hydrogens (primary N) is 1. The number of nitrogen functional groups attached to an aromatic ring is 1. The minimum absolute atomic E-state index is 0.0330. The van der Waals surface area contributed by atoms with Crippen LogP contribution in [0.15, 0.2) is 36.4 Å². The molecule has 98 valence electrons. The largest absolute Gasteiger partial charge is 0.478 e. The molecule has 2 aromatic rings. The number of halogens is 2. The topological polar surface area (TPSA) is 75.3 Å². The van der Waals surface area contributed by atoms with Crippen LogP contribution < -0.4 is 11.1 Å². The van der Waals surface area contributed by atoms with E-state index in [0.29, 0.717) is 5.69 Å². The van der Waals surface area contributed by atoms with Gasteiger partial charge >= 0.3 is 5.97 Å². The number of rotatable bonds is 3. The molecule has 0 radical (unpaired) electrons. The molecule has 0 heterocycles. The number of benzene rings is 2. The molecule has 0 atom stereocenters. The molecule has 0 unspecified atom stereocenters. The van der Waals surface area contributed by atoms with Gasteiger partial charge in [-0.15, -0.1) is 0 Å². The highest BCUT2D eigenvalue weighted by Crippen LogP contribution is 2.26. The Morgan fingerprint density at radius 1 is 1.21 bits per heavy atom. The van der Waals surface area contributed by atoms with Gasteiger partial charge in [-0.05, 0) is 36.4 Å². The number of carboxylic acid groups (broad SMARTS) is 1. The smallest absolute Gasteiger partial charge is 0.337 e. The van der Waals surface area contributed by atoms with Crippen LogP contribution in [0.4, 0.5) is 21.5 Å². The van der Waals surface area contributed by atoms with Gasteiger partial charge in [-0.3, -0.25) is 0 Å². The van der Waals surface area contributed by atoms with Gasteiger partial charge in [-0.1, -0.05) is 11.6 Å². The fourth-order valence-electron chi connectivity index (χ4n) is 1.58. The van der Waals surface area contributed by atoms with Crippen LogP contribution in [0.25, 0.3) is 0 Å². The SMILES string of the molecule is Nc1ccc(Nc2ccc(Cl)cc2F)c(C(=O)O)c1. The predicted molar refractivity (Wildman–Crippen MR) is 72.5 cm³/mol. The second kappa shape index (κ2) is 5.16. The van der Waals surface area contributed by atoms with Gasteiger partial charge in [0, 0.05) is 10.7 Å². The summed E-state index contributed by atoms with van der Waals surface area (Å²) in [4.78, 5) is 11.1. The second-order valence-corrected chi connectivity index (χ2v) is 4.30. The molecule has 4 nitrogen and oxygen atoms in total. The number of nitrogens with one attached hydrogen (secondary N) is 1. The minimum atomic E-state index is -1.15. The summed E-state index contributed by atoms with van der Waals surface area (Å²) in [7, 11) is 0. The van der Waals surface area contributed by atoms with Crippen molar-refractivity contribution in [1.82, 2.24) is 0 Å². The first-order chi connectivity index (χ1) is 8.97. The number of carbonyl (C=O) groups is 1. The van der Waals surface area contributed by atoms with E-state index >= 15 is 0 Å². The molecular formula is C13H10ClFN2O2. The number of anilines is 3. The van der Waals surface area contributed by atoms with Crippen molar-refractivity contribution in [2.75, 3.05) is 11.1 Å². The van der Waals surface area contributed by atoms with Gasteiger partial charge in [-0.25, -0.2) is 9.18 Å². The van der Waals surface area contributed by atoms with E-state index in [4.69, 9.17) is 22.4 Å². The molecule has 2 aromatic carbocycles. The third-order valence-corrected chi connectivity index (χ3v) is 2.71. The summed E-state index contributed by atoms with van der Waals surface area (Å²) in [5.74, 6) is -1.72. The standard InChI is InChI=1S/C13H10ClFN2O2/c14-7-1-3-12(10(15)5-7)17-11-4-2-8(16)6-9(11)13(18)19/h1-6,17H,16H2,(H,18,19). The molecule has 4 N–H and O–H groups in total. The van der Waals surface area contributed by atoms with E-state index in [1.807, 2.05) is 0 Å². The van der Waals surface area contributed by atoms with Crippen molar-refractivity contribution >= 4 is 34.6 Å². The van der Waals surface area contributed by atoms with Gasteiger partial charge in [0.2, 0.25) is 0 Å². The van der Waals surface area contributed by atoms with E-state index in [9.17, 15) is 9.18 Å². The van der Waals surface area contributed by atoms with Crippen molar-refractivity contribution < 1.29 is 14.3 Å². The average Bonchev–Trinajstić information content (AvgIpc) is 2.34. The van der Waals surface area contributed by atoms with E-state index in [1.165, 1.54) is 30.3 Å². The molecule has 0 aliphatic carbocycles. The molecule has 0 aliphatic heterocycles. The lowest BCUT2D eigenvalue weighted by atomic mass is 10.1. The van der Waals surface area contributed by atoms with Crippen molar-refractivity contribution in [2.45, 2.75) is 0 Å². The van der Waals surface area contributed by atoms with Crippen molar-refractivity contribution in [3.8, 4) is 0 Å². The Morgan fingerprint density at radius 3 is 2.53 bits per heavy atom. The number of hydrogen-bond donors (Lipinski definition) is 3. The quantitative estimate of drug-likeness (QED) is 0.752. The van der Waals surface area contributed by atoms with Crippen molar-refractivity contribution in [1.29, 1.82) is 0 Å². The van der Waals surface area contributed by atoms with E-state index in [2.05, 4.69) is 5.32 Å². The maximum atomic E-state index is 13.6. The number of aromatic carboxylic acids is 1. The van der Waals surface area contributed by atoms with Crippen molar-refractivity contribution in [3.05, 3.63) is 52.8 Å². The summed E-state index contributed by atoms with van der Waals surface area (Å²) in [5.41, 5.74) is 6.20. The van der Waals surface area contributed by atoms with E-state index < -0.39 is 11.8 Å². The second-order valence-electron chi connectivity index (χ2n) is 3.86. The zero-order valence-electron chi connectivity index (χ0n) is 9.65. The molecule has 2 rings (SSSR count). The van der Waals surface area contributed by atoms with E-state index in [0.717, 1.165) is 6.07 Å². The molecule has 0 bridgehead atoms. The fourth-order valence-corrected chi connectivity index (χ4v) is 1.74. The van der Waals surface area contributed by atoms with Crippen LogP contribution in [0.5, 0.6) is 0 Å². The van der Waals surface area contributed by atoms with Gasteiger partial charge < -0.3 is 16.2 Å². The van der Waals surface area contributed by atoms with Gasteiger partial charge in [0.25, 0.3) is 0 Å². The lowest BCUT2D eigenvalue weighted by Gasteiger charge is -2.11. The van der Waals surface area contributed by atoms with Crippen LogP contribution in [-0.2, 0) is 0 Å². The molecule has 0 saturated carbocycles. The molecule has 19 heavy (non-hydrogen) atoms. The average molecular weight is 281 g/mol. The van der Waals surface area contributed by atoms with Crippen LogP contribution in [0, 0.1) is 5.82 Å². The fraction of sp³-hybridized carbons (Fsp3) is 0. The first-order valence-electron chi connectivity index (χ1n) is 5.32. The molecule has 0 spiro atoms. The maximum Gasteiger partial charge on any atom is 0.337 e. The van der Waals surface area contributed by atoms with Crippen LogP contribution in [0.2, 0.25) is 5.02 Å². The first kappa shape index (κ1) is 13.2. The Hall–Kier alpha value is -2.27. The van der Waals surface area contributed by atoms with Crippen LogP contribution in [0.3, 0.4) is 0 Å². The molecule has 0 aliphatic rings. The molecule has 0 fully saturated rings. The van der Waals surface area contributed by atoms with E-state index in [-0.39, 0.29) is 22.0 Å². The first-order valence-corrected chi connectivity index (χ1v) is 5.70. The monoisotopic (exact) mass is 280 g/mol. The highest BCUT2D eigenvalue weighted by Gasteiger charge is 2.12. The number of hydrogen-bond acceptors (Lipinski definition) is 3. The summed E-state index contributed by atoms with van der Waals surface area (Å²) in [5, 5.41) is 12.0. The minimum Gasteiger partial charge on any atom is -0.478 e. The molecule has 0 amide bonds. The third-order valence-electron chi connectivity index (χ3n) is 2.47. The Morgan fingerprint density at radius 2 is 1.89 bits per heavy atom. The van der Waals surface area contributed by atoms with Crippen LogP contribution in [-0.4, -0.2) is 11.1 Å². The Labute approximate surface area is 113 Å². The zero-order valence-corrected chi connectivity index (χ0v) is 10.4. The van der Waals surface area contributed by atoms with Gasteiger partial charge in [-0.2, -0.15) is 0 Å². The van der Waals surface area contributed by atoms with Crippen molar-refractivity contribution in [2.24, 2.45) is 0 Å². The Bertz CT molecular complexity index is 647. The van der Waals surface area contributed by atoms with Gasteiger partial charge in [0.1, 0.15) is 5.82 Å². The highest BCUT2D eigenvalue weighted by atomic mass is 35.5. The Kier molecular flexibility index (Phi) is 3.57. The molecular weight excluding hydrogens is 271 g/mol. The highest BCUT2D eigenvalue weighted by molar-refractivity contribution is 6.30. The predicted octanol–water partition coefficient (Wildman–Crippen LogP) is 3.50. The Balaban J connectivity index is 2.40.